The van der Waals surface area contributed by atoms with Gasteiger partial charge in [-0.3, -0.25) is 4.79 Å². The molecule has 1 aliphatic rings. The quantitative estimate of drug-likeness (QED) is 0.869. The Labute approximate surface area is 115 Å². The zero-order valence-electron chi connectivity index (χ0n) is 12.3. The number of aromatic nitrogens is 1. The molecule has 1 aliphatic heterocycles. The molecule has 0 radical (unpaired) electrons. The number of carbonyl (C=O) groups is 1. The average Bonchev–Trinajstić information content (AvgIpc) is 2.77. The molecule has 1 unspecified atom stereocenters. The number of hydrogen-bond donors (Lipinski definition) is 2. The fourth-order valence-corrected chi connectivity index (χ4v) is 2.83. The third-order valence-corrected chi connectivity index (χ3v) is 4.54. The maximum atomic E-state index is 12.5. The molecule has 0 spiro atoms. The largest absolute Gasteiger partial charge is 0.350 e. The summed E-state index contributed by atoms with van der Waals surface area (Å²) in [5.74, 6) is 0.195. The van der Waals surface area contributed by atoms with Gasteiger partial charge < -0.3 is 15.2 Å². The first-order valence-corrected chi connectivity index (χ1v) is 7.19. The Morgan fingerprint density at radius 1 is 1.53 bits per heavy atom. The molecule has 1 amide bonds. The molecule has 4 nitrogen and oxygen atoms in total. The van der Waals surface area contributed by atoms with Gasteiger partial charge in [0.05, 0.1) is 12.0 Å². The van der Waals surface area contributed by atoms with Gasteiger partial charge in [0.25, 0.3) is 0 Å². The molecule has 1 atom stereocenters. The lowest BCUT2D eigenvalue weighted by atomic mass is 9.77. The standard InChI is InChI=1S/C15H25N3O/c1-4-15(8-5-9-16-11-15)14(19)17-10-13-7-6-12(2)18(13)3/h6-7,16H,4-5,8-11H2,1-3H3,(H,17,19). The lowest BCUT2D eigenvalue weighted by molar-refractivity contribution is -0.132. The summed E-state index contributed by atoms with van der Waals surface area (Å²) in [6.45, 7) is 6.64. The summed E-state index contributed by atoms with van der Waals surface area (Å²) in [6.07, 6.45) is 2.98. The fraction of sp³-hybridized carbons (Fsp3) is 0.667. The zero-order chi connectivity index (χ0) is 13.9. The highest BCUT2D eigenvalue weighted by molar-refractivity contribution is 5.82. The first-order chi connectivity index (χ1) is 9.09. The molecular formula is C15H25N3O. The third-order valence-electron chi connectivity index (χ3n) is 4.54. The highest BCUT2D eigenvalue weighted by atomic mass is 16.2. The van der Waals surface area contributed by atoms with Crippen molar-refractivity contribution in [1.29, 1.82) is 0 Å². The molecule has 0 aliphatic carbocycles. The van der Waals surface area contributed by atoms with E-state index in [0.717, 1.165) is 38.0 Å². The predicted octanol–water partition coefficient (Wildman–Crippen LogP) is 1.73. The second-order valence-electron chi connectivity index (χ2n) is 5.62. The summed E-state index contributed by atoms with van der Waals surface area (Å²) in [5, 5.41) is 6.47. The molecule has 1 saturated heterocycles. The van der Waals surface area contributed by atoms with E-state index >= 15 is 0 Å². The van der Waals surface area contributed by atoms with E-state index in [1.54, 1.807) is 0 Å². The van der Waals surface area contributed by atoms with Crippen LogP contribution in [0.15, 0.2) is 12.1 Å². The highest BCUT2D eigenvalue weighted by Gasteiger charge is 2.37. The first kappa shape index (κ1) is 14.1. The van der Waals surface area contributed by atoms with Crippen LogP contribution in [0.2, 0.25) is 0 Å². The van der Waals surface area contributed by atoms with Gasteiger partial charge in [0.2, 0.25) is 5.91 Å². The molecule has 2 N–H and O–H groups in total. The zero-order valence-corrected chi connectivity index (χ0v) is 12.3. The number of rotatable bonds is 4. The van der Waals surface area contributed by atoms with Crippen LogP contribution in [0.4, 0.5) is 0 Å². The minimum absolute atomic E-state index is 0.195. The minimum Gasteiger partial charge on any atom is -0.350 e. The second kappa shape index (κ2) is 5.78. The van der Waals surface area contributed by atoms with E-state index in [0.29, 0.717) is 6.54 Å². The molecule has 2 rings (SSSR count). The molecule has 2 heterocycles. The van der Waals surface area contributed by atoms with Crippen LogP contribution in [-0.2, 0) is 18.4 Å². The Morgan fingerprint density at radius 2 is 2.32 bits per heavy atom. The number of nitrogens with one attached hydrogen (secondary N) is 2. The summed E-state index contributed by atoms with van der Waals surface area (Å²) in [6, 6.07) is 4.16. The lowest BCUT2D eigenvalue weighted by Crippen LogP contribution is -2.50. The van der Waals surface area contributed by atoms with Crippen LogP contribution in [0.25, 0.3) is 0 Å². The maximum Gasteiger partial charge on any atom is 0.227 e. The number of nitrogens with zero attached hydrogens (tertiary/aromatic N) is 1. The van der Waals surface area contributed by atoms with Crippen molar-refractivity contribution in [2.45, 2.75) is 39.7 Å². The van der Waals surface area contributed by atoms with Gasteiger partial charge in [0, 0.05) is 25.0 Å². The van der Waals surface area contributed by atoms with Crippen LogP contribution in [0.1, 0.15) is 37.6 Å². The average molecular weight is 263 g/mol. The topological polar surface area (TPSA) is 46.1 Å². The maximum absolute atomic E-state index is 12.5. The van der Waals surface area contributed by atoms with Crippen LogP contribution >= 0.6 is 0 Å². The van der Waals surface area contributed by atoms with Crippen molar-refractivity contribution in [3.05, 3.63) is 23.5 Å². The van der Waals surface area contributed by atoms with Crippen LogP contribution < -0.4 is 10.6 Å². The summed E-state index contributed by atoms with van der Waals surface area (Å²) < 4.78 is 2.12. The molecule has 1 aromatic heterocycles. The van der Waals surface area contributed by atoms with Crippen LogP contribution in [-0.4, -0.2) is 23.6 Å². The van der Waals surface area contributed by atoms with Crippen molar-refractivity contribution in [1.82, 2.24) is 15.2 Å². The van der Waals surface area contributed by atoms with Gasteiger partial charge in [-0.15, -0.1) is 0 Å². The van der Waals surface area contributed by atoms with Crippen LogP contribution in [0, 0.1) is 12.3 Å². The van der Waals surface area contributed by atoms with Gasteiger partial charge in [-0.25, -0.2) is 0 Å². The highest BCUT2D eigenvalue weighted by Crippen LogP contribution is 2.30. The van der Waals surface area contributed by atoms with E-state index in [1.807, 2.05) is 7.05 Å². The number of hydrogen-bond acceptors (Lipinski definition) is 2. The first-order valence-electron chi connectivity index (χ1n) is 7.19. The Kier molecular flexibility index (Phi) is 4.30. The van der Waals surface area contributed by atoms with Crippen molar-refractivity contribution in [2.75, 3.05) is 13.1 Å². The van der Waals surface area contributed by atoms with Crippen molar-refractivity contribution >= 4 is 5.91 Å². The van der Waals surface area contributed by atoms with Crippen molar-refractivity contribution < 1.29 is 4.79 Å². The molecule has 0 aromatic carbocycles. The normalized spacial score (nSPS) is 23.3. The molecule has 19 heavy (non-hydrogen) atoms. The van der Waals surface area contributed by atoms with Crippen LogP contribution in [0.3, 0.4) is 0 Å². The second-order valence-corrected chi connectivity index (χ2v) is 5.62. The summed E-state index contributed by atoms with van der Waals surface area (Å²) in [4.78, 5) is 12.5. The van der Waals surface area contributed by atoms with E-state index in [1.165, 1.54) is 5.69 Å². The molecule has 106 valence electrons. The van der Waals surface area contributed by atoms with Gasteiger partial charge in [-0.2, -0.15) is 0 Å². The Bertz CT molecular complexity index is 444. The molecule has 0 bridgehead atoms. The number of carbonyl (C=O) groups excluding carboxylic acids is 1. The van der Waals surface area contributed by atoms with E-state index in [2.05, 4.69) is 41.2 Å². The Morgan fingerprint density at radius 3 is 2.84 bits per heavy atom. The number of piperidine rings is 1. The molecule has 1 fully saturated rings. The summed E-state index contributed by atoms with van der Waals surface area (Å²) in [7, 11) is 2.04. The lowest BCUT2D eigenvalue weighted by Gasteiger charge is -2.35. The van der Waals surface area contributed by atoms with Crippen LogP contribution in [0.5, 0.6) is 0 Å². The van der Waals surface area contributed by atoms with E-state index in [4.69, 9.17) is 0 Å². The monoisotopic (exact) mass is 263 g/mol. The third kappa shape index (κ3) is 2.84. The van der Waals surface area contributed by atoms with E-state index < -0.39 is 0 Å². The Hall–Kier alpha value is -1.29. The fourth-order valence-electron chi connectivity index (χ4n) is 2.83. The van der Waals surface area contributed by atoms with Crippen molar-refractivity contribution in [3.63, 3.8) is 0 Å². The van der Waals surface area contributed by atoms with Gasteiger partial charge in [0.1, 0.15) is 0 Å². The number of amides is 1. The van der Waals surface area contributed by atoms with Crippen molar-refractivity contribution in [2.24, 2.45) is 12.5 Å². The minimum atomic E-state index is -0.210. The summed E-state index contributed by atoms with van der Waals surface area (Å²) >= 11 is 0. The van der Waals surface area contributed by atoms with Gasteiger partial charge in [-0.05, 0) is 44.9 Å². The van der Waals surface area contributed by atoms with Gasteiger partial charge >= 0.3 is 0 Å². The van der Waals surface area contributed by atoms with E-state index in [-0.39, 0.29) is 11.3 Å². The molecule has 1 aromatic rings. The van der Waals surface area contributed by atoms with E-state index in [9.17, 15) is 4.79 Å². The molecule has 0 saturated carbocycles. The Balaban J connectivity index is 1.98. The smallest absolute Gasteiger partial charge is 0.227 e. The van der Waals surface area contributed by atoms with Crippen molar-refractivity contribution in [3.8, 4) is 0 Å². The van der Waals surface area contributed by atoms with Gasteiger partial charge in [0.15, 0.2) is 0 Å². The molecule has 4 heteroatoms. The predicted molar refractivity (Wildman–Crippen MR) is 76.8 cm³/mol. The molecular weight excluding hydrogens is 238 g/mol. The van der Waals surface area contributed by atoms with Gasteiger partial charge in [-0.1, -0.05) is 6.92 Å². The summed E-state index contributed by atoms with van der Waals surface area (Å²) in [5.41, 5.74) is 2.16. The SMILES string of the molecule is CCC1(C(=O)NCc2ccc(C)n2C)CCCNC1. The number of aryl methyl sites for hydroxylation is 1.